The summed E-state index contributed by atoms with van der Waals surface area (Å²) in [5.41, 5.74) is -1.24. The van der Waals surface area contributed by atoms with Crippen LogP contribution in [0.1, 0.15) is 13.8 Å². The number of carbonyl (C=O) groups is 1. The quantitative estimate of drug-likeness (QED) is 0.508. The van der Waals surface area contributed by atoms with Gasteiger partial charge in [-0.05, 0) is 38.1 Å². The average Bonchev–Trinajstić information content (AvgIpc) is 3.13. The summed E-state index contributed by atoms with van der Waals surface area (Å²) in [4.78, 5) is 40.9. The van der Waals surface area contributed by atoms with Crippen molar-refractivity contribution in [3.63, 3.8) is 0 Å². The smallest absolute Gasteiger partial charge is 0.336 e. The standard InChI is InChI=1S/C22H20FN3O4/c1-3-24(4-2)18(27)13-25-19-14-9-5-8-12-17(14)30-20(19)21(28)26(22(25)29)16-11-7-6-10-15(16)23/h5-12H,3-4,13H2,1-2H3. The number of benzene rings is 2. The van der Waals surface area contributed by atoms with Gasteiger partial charge in [0.25, 0.3) is 0 Å². The van der Waals surface area contributed by atoms with Crippen molar-refractivity contribution in [3.8, 4) is 5.69 Å². The number of para-hydroxylation sites is 2. The van der Waals surface area contributed by atoms with Crippen LogP contribution >= 0.6 is 0 Å². The molecule has 0 aliphatic heterocycles. The number of hydrogen-bond donors (Lipinski definition) is 0. The molecule has 4 aromatic rings. The lowest BCUT2D eigenvalue weighted by molar-refractivity contribution is -0.131. The van der Waals surface area contributed by atoms with E-state index in [2.05, 4.69) is 0 Å². The first-order valence-electron chi connectivity index (χ1n) is 9.67. The average molecular weight is 409 g/mol. The SMILES string of the molecule is CCN(CC)C(=O)Cn1c(=O)n(-c2ccccc2F)c(=O)c2oc3ccccc3c21. The molecule has 8 heteroatoms. The minimum atomic E-state index is -0.801. The van der Waals surface area contributed by atoms with Crippen molar-refractivity contribution in [1.29, 1.82) is 0 Å². The minimum Gasteiger partial charge on any atom is -0.449 e. The van der Waals surface area contributed by atoms with Gasteiger partial charge in [-0.25, -0.2) is 13.8 Å². The summed E-state index contributed by atoms with van der Waals surface area (Å²) in [6.07, 6.45) is 0. The van der Waals surface area contributed by atoms with E-state index in [0.717, 1.165) is 10.6 Å². The first-order chi connectivity index (χ1) is 14.5. The van der Waals surface area contributed by atoms with Crippen molar-refractivity contribution in [1.82, 2.24) is 14.0 Å². The van der Waals surface area contributed by atoms with Crippen LogP contribution in [0.5, 0.6) is 0 Å². The Labute approximate surface area is 170 Å². The van der Waals surface area contributed by atoms with Crippen molar-refractivity contribution in [3.05, 3.63) is 75.2 Å². The zero-order valence-corrected chi connectivity index (χ0v) is 16.6. The van der Waals surface area contributed by atoms with Crippen LogP contribution in [0, 0.1) is 5.82 Å². The van der Waals surface area contributed by atoms with E-state index in [1.807, 2.05) is 13.8 Å². The number of furan rings is 1. The molecule has 0 unspecified atom stereocenters. The summed E-state index contributed by atoms with van der Waals surface area (Å²) in [5.74, 6) is -1.01. The van der Waals surface area contributed by atoms with E-state index in [1.165, 1.54) is 22.8 Å². The molecule has 0 N–H and O–H groups in total. The van der Waals surface area contributed by atoms with Crippen LogP contribution in [0.25, 0.3) is 27.8 Å². The Kier molecular flexibility index (Phi) is 4.99. The molecule has 7 nitrogen and oxygen atoms in total. The molecule has 2 heterocycles. The monoisotopic (exact) mass is 409 g/mol. The second-order valence-corrected chi connectivity index (χ2v) is 6.80. The van der Waals surface area contributed by atoms with E-state index in [9.17, 15) is 18.8 Å². The molecule has 0 aliphatic carbocycles. The highest BCUT2D eigenvalue weighted by molar-refractivity contribution is 6.02. The summed E-state index contributed by atoms with van der Waals surface area (Å²) in [5, 5.41) is 0.537. The third kappa shape index (κ3) is 3.01. The number of likely N-dealkylation sites (N-methyl/N-ethyl adjacent to an activating group) is 1. The maximum absolute atomic E-state index is 14.5. The molecular weight excluding hydrogens is 389 g/mol. The Balaban J connectivity index is 2.10. The maximum atomic E-state index is 14.5. The highest BCUT2D eigenvalue weighted by Crippen LogP contribution is 2.26. The molecule has 154 valence electrons. The number of hydrogen-bond acceptors (Lipinski definition) is 4. The van der Waals surface area contributed by atoms with Gasteiger partial charge >= 0.3 is 11.2 Å². The Morgan fingerprint density at radius 3 is 2.40 bits per heavy atom. The largest absolute Gasteiger partial charge is 0.449 e. The zero-order chi connectivity index (χ0) is 21.4. The summed E-state index contributed by atoms with van der Waals surface area (Å²) in [6, 6.07) is 12.4. The van der Waals surface area contributed by atoms with Crippen LogP contribution in [0.2, 0.25) is 0 Å². The predicted octanol–water partition coefficient (Wildman–Crippen LogP) is 2.91. The van der Waals surface area contributed by atoms with Crippen LogP contribution in [-0.4, -0.2) is 33.0 Å². The maximum Gasteiger partial charge on any atom is 0.336 e. The third-order valence-corrected chi connectivity index (χ3v) is 5.16. The Hall–Kier alpha value is -3.68. The fourth-order valence-electron chi connectivity index (χ4n) is 3.65. The van der Waals surface area contributed by atoms with E-state index < -0.39 is 17.1 Å². The highest BCUT2D eigenvalue weighted by atomic mass is 19.1. The molecule has 0 saturated heterocycles. The van der Waals surface area contributed by atoms with Gasteiger partial charge in [0, 0.05) is 18.5 Å². The van der Waals surface area contributed by atoms with Crippen molar-refractivity contribution < 1.29 is 13.6 Å². The third-order valence-electron chi connectivity index (χ3n) is 5.16. The molecule has 2 aromatic heterocycles. The number of aromatic nitrogens is 2. The van der Waals surface area contributed by atoms with E-state index in [-0.39, 0.29) is 29.2 Å². The molecule has 0 atom stereocenters. The van der Waals surface area contributed by atoms with Crippen LogP contribution in [0.3, 0.4) is 0 Å². The number of fused-ring (bicyclic) bond motifs is 3. The molecule has 0 bridgehead atoms. The van der Waals surface area contributed by atoms with Gasteiger partial charge in [0.2, 0.25) is 11.5 Å². The van der Waals surface area contributed by atoms with Crippen molar-refractivity contribution in [2.24, 2.45) is 0 Å². The summed E-state index contributed by atoms with van der Waals surface area (Å²) in [6.45, 7) is 4.34. The van der Waals surface area contributed by atoms with Gasteiger partial charge in [0.1, 0.15) is 23.5 Å². The van der Waals surface area contributed by atoms with Crippen molar-refractivity contribution in [2.45, 2.75) is 20.4 Å². The van der Waals surface area contributed by atoms with Crippen LogP contribution < -0.4 is 11.2 Å². The molecule has 0 fully saturated rings. The molecule has 0 radical (unpaired) electrons. The van der Waals surface area contributed by atoms with Crippen LogP contribution in [-0.2, 0) is 11.3 Å². The number of halogens is 1. The van der Waals surface area contributed by atoms with E-state index in [1.54, 1.807) is 29.2 Å². The normalized spacial score (nSPS) is 11.3. The molecule has 2 aromatic carbocycles. The lowest BCUT2D eigenvalue weighted by Crippen LogP contribution is -2.42. The van der Waals surface area contributed by atoms with Gasteiger partial charge in [-0.2, -0.15) is 0 Å². The van der Waals surface area contributed by atoms with Crippen molar-refractivity contribution >= 4 is 28.0 Å². The minimum absolute atomic E-state index is 0.105. The zero-order valence-electron chi connectivity index (χ0n) is 16.6. The molecule has 0 aliphatic rings. The Morgan fingerprint density at radius 1 is 1.03 bits per heavy atom. The Morgan fingerprint density at radius 2 is 1.70 bits per heavy atom. The number of amides is 1. The summed E-state index contributed by atoms with van der Waals surface area (Å²) >= 11 is 0. The van der Waals surface area contributed by atoms with E-state index in [0.29, 0.717) is 24.1 Å². The first-order valence-corrected chi connectivity index (χ1v) is 9.67. The highest BCUT2D eigenvalue weighted by Gasteiger charge is 2.24. The van der Waals surface area contributed by atoms with Gasteiger partial charge in [0.15, 0.2) is 0 Å². The number of nitrogens with zero attached hydrogens (tertiary/aromatic N) is 3. The Bertz CT molecular complexity index is 1380. The fraction of sp³-hybridized carbons (Fsp3) is 0.227. The molecular formula is C22H20FN3O4. The number of carbonyl (C=O) groups excluding carboxylic acids is 1. The van der Waals surface area contributed by atoms with Crippen LogP contribution in [0.15, 0.2) is 62.5 Å². The first kappa shape index (κ1) is 19.6. The molecule has 30 heavy (non-hydrogen) atoms. The molecule has 0 spiro atoms. The van der Waals surface area contributed by atoms with Crippen molar-refractivity contribution in [2.75, 3.05) is 13.1 Å². The van der Waals surface area contributed by atoms with Gasteiger partial charge in [-0.1, -0.05) is 24.3 Å². The molecule has 0 saturated carbocycles. The van der Waals surface area contributed by atoms with Crippen LogP contribution in [0.4, 0.5) is 4.39 Å². The van der Waals surface area contributed by atoms with Gasteiger partial charge < -0.3 is 9.32 Å². The molecule has 4 rings (SSSR count). The second kappa shape index (κ2) is 7.62. The predicted molar refractivity (Wildman–Crippen MR) is 111 cm³/mol. The van der Waals surface area contributed by atoms with E-state index in [4.69, 9.17) is 4.42 Å². The lowest BCUT2D eigenvalue weighted by Gasteiger charge is -2.20. The second-order valence-electron chi connectivity index (χ2n) is 6.80. The summed E-state index contributed by atoms with van der Waals surface area (Å²) in [7, 11) is 0. The summed E-state index contributed by atoms with van der Waals surface area (Å²) < 4.78 is 22.1. The number of rotatable bonds is 5. The van der Waals surface area contributed by atoms with Gasteiger partial charge in [-0.15, -0.1) is 0 Å². The van der Waals surface area contributed by atoms with E-state index >= 15 is 0 Å². The topological polar surface area (TPSA) is 77.5 Å². The lowest BCUT2D eigenvalue weighted by atomic mass is 10.2. The molecule has 1 amide bonds. The van der Waals surface area contributed by atoms with Gasteiger partial charge in [0.05, 0.1) is 5.69 Å². The fourth-order valence-corrected chi connectivity index (χ4v) is 3.65. The van der Waals surface area contributed by atoms with Gasteiger partial charge in [-0.3, -0.25) is 14.2 Å².